The number of nitrogens with zero attached hydrogens (tertiary/aromatic N) is 1. The van der Waals surface area contributed by atoms with Crippen molar-refractivity contribution >= 4 is 33.2 Å². The summed E-state index contributed by atoms with van der Waals surface area (Å²) in [6.07, 6.45) is 0. The quantitative estimate of drug-likeness (QED) is 0.418. The van der Waals surface area contributed by atoms with Gasteiger partial charge in [0.1, 0.15) is 18.9 Å². The van der Waals surface area contributed by atoms with Gasteiger partial charge in [-0.25, -0.2) is 8.42 Å². The lowest BCUT2D eigenvalue weighted by atomic mass is 9.86. The molecule has 0 aromatic heterocycles. The molecule has 0 aliphatic carbocycles. The second kappa shape index (κ2) is 10.9. The summed E-state index contributed by atoms with van der Waals surface area (Å²) in [7, 11) is -3.98. The molecule has 0 fully saturated rings. The number of rotatable bonds is 9. The Morgan fingerprint density at radius 3 is 2.21 bits per heavy atom. The first-order valence-corrected chi connectivity index (χ1v) is 12.7. The normalized spacial score (nSPS) is 11.6. The average molecular weight is 501 g/mol. The van der Waals surface area contributed by atoms with Gasteiger partial charge in [0.25, 0.3) is 10.0 Å². The van der Waals surface area contributed by atoms with Gasteiger partial charge in [-0.2, -0.15) is 0 Å². The van der Waals surface area contributed by atoms with Crippen LogP contribution in [0.25, 0.3) is 0 Å². The summed E-state index contributed by atoms with van der Waals surface area (Å²) in [5.74, 6) is 0.328. The van der Waals surface area contributed by atoms with Gasteiger partial charge in [-0.1, -0.05) is 68.8 Å². The number of carbonyl (C=O) groups excluding carboxylic acids is 1. The summed E-state index contributed by atoms with van der Waals surface area (Å²) in [5, 5.41) is 3.18. The molecule has 0 bridgehead atoms. The summed E-state index contributed by atoms with van der Waals surface area (Å²) in [6, 6.07) is 22.2. The summed E-state index contributed by atoms with van der Waals surface area (Å²) >= 11 is 5.91. The number of amides is 1. The smallest absolute Gasteiger partial charge is 0.264 e. The Bertz CT molecular complexity index is 1210. The zero-order valence-electron chi connectivity index (χ0n) is 19.5. The summed E-state index contributed by atoms with van der Waals surface area (Å²) in [5.41, 5.74) is 1.39. The van der Waals surface area contributed by atoms with Gasteiger partial charge in [0, 0.05) is 5.02 Å². The maximum atomic E-state index is 13.3. The average Bonchev–Trinajstić information content (AvgIpc) is 2.80. The Morgan fingerprint density at radius 1 is 0.941 bits per heavy atom. The first kappa shape index (κ1) is 25.6. The molecule has 0 radical (unpaired) electrons. The number of sulfonamides is 1. The number of halogens is 1. The van der Waals surface area contributed by atoms with Crippen LogP contribution in [-0.2, 0) is 20.2 Å². The Hall–Kier alpha value is -3.03. The van der Waals surface area contributed by atoms with Crippen LogP contribution in [-0.4, -0.2) is 34.0 Å². The first-order chi connectivity index (χ1) is 16.1. The molecule has 3 aromatic carbocycles. The van der Waals surface area contributed by atoms with Gasteiger partial charge in [0.05, 0.1) is 17.1 Å². The van der Waals surface area contributed by atoms with Gasteiger partial charge < -0.3 is 10.1 Å². The first-order valence-electron chi connectivity index (χ1n) is 10.9. The molecule has 34 heavy (non-hydrogen) atoms. The molecule has 180 valence electrons. The van der Waals surface area contributed by atoms with Crippen LogP contribution in [0.3, 0.4) is 0 Å². The van der Waals surface area contributed by atoms with E-state index in [1.807, 2.05) is 24.3 Å². The second-order valence-electron chi connectivity index (χ2n) is 8.75. The van der Waals surface area contributed by atoms with E-state index < -0.39 is 15.9 Å². The van der Waals surface area contributed by atoms with E-state index in [-0.39, 0.29) is 30.0 Å². The van der Waals surface area contributed by atoms with Crippen molar-refractivity contribution in [1.82, 2.24) is 5.32 Å². The van der Waals surface area contributed by atoms with Gasteiger partial charge in [-0.05, 0) is 53.4 Å². The van der Waals surface area contributed by atoms with E-state index in [1.54, 1.807) is 30.3 Å². The van der Waals surface area contributed by atoms with Crippen LogP contribution in [0.15, 0.2) is 83.8 Å². The van der Waals surface area contributed by atoms with E-state index in [0.717, 1.165) is 15.6 Å². The molecule has 3 rings (SSSR count). The molecule has 0 spiro atoms. The standard InChI is InChI=1S/C26H29ClN2O4S/c1-26(2,3)23-11-7-8-12-24(23)33-18-17-28-25(30)19-29(21-9-5-4-6-10-21)34(31,32)22-15-13-20(27)14-16-22/h4-16H,17-19H2,1-3H3,(H,28,30). The molecule has 6 nitrogen and oxygen atoms in total. The van der Waals surface area contributed by atoms with Crippen LogP contribution in [0.1, 0.15) is 26.3 Å². The number of benzene rings is 3. The van der Waals surface area contributed by atoms with Crippen molar-refractivity contribution in [3.63, 3.8) is 0 Å². The Kier molecular flexibility index (Phi) is 8.23. The lowest BCUT2D eigenvalue weighted by Gasteiger charge is -2.24. The highest BCUT2D eigenvalue weighted by atomic mass is 35.5. The van der Waals surface area contributed by atoms with Crippen molar-refractivity contribution < 1.29 is 17.9 Å². The summed E-state index contributed by atoms with van der Waals surface area (Å²) in [6.45, 7) is 6.45. The molecule has 0 aliphatic rings. The van der Waals surface area contributed by atoms with Crippen LogP contribution in [0.5, 0.6) is 5.75 Å². The molecule has 1 amide bonds. The molecule has 0 atom stereocenters. The van der Waals surface area contributed by atoms with Crippen molar-refractivity contribution in [2.45, 2.75) is 31.1 Å². The molecule has 0 unspecified atom stereocenters. The molecule has 0 saturated carbocycles. The fraction of sp³-hybridized carbons (Fsp3) is 0.269. The summed E-state index contributed by atoms with van der Waals surface area (Å²) < 4.78 is 33.6. The number of nitrogens with one attached hydrogen (secondary N) is 1. The monoisotopic (exact) mass is 500 g/mol. The van der Waals surface area contributed by atoms with Gasteiger partial charge in [-0.15, -0.1) is 0 Å². The predicted molar refractivity (Wildman–Crippen MR) is 136 cm³/mol. The second-order valence-corrected chi connectivity index (χ2v) is 11.0. The van der Waals surface area contributed by atoms with Crippen LogP contribution < -0.4 is 14.4 Å². The SMILES string of the molecule is CC(C)(C)c1ccccc1OCCNC(=O)CN(c1ccccc1)S(=O)(=O)c1ccc(Cl)cc1. The van der Waals surface area contributed by atoms with Gasteiger partial charge in [0.15, 0.2) is 0 Å². The van der Waals surface area contributed by atoms with Crippen molar-refractivity contribution in [2.75, 3.05) is 24.0 Å². The van der Waals surface area contributed by atoms with E-state index in [0.29, 0.717) is 10.7 Å². The molecule has 8 heteroatoms. The third kappa shape index (κ3) is 6.52. The Morgan fingerprint density at radius 2 is 1.56 bits per heavy atom. The fourth-order valence-electron chi connectivity index (χ4n) is 3.39. The van der Waals surface area contributed by atoms with Crippen LogP contribution in [0.4, 0.5) is 5.69 Å². The lowest BCUT2D eigenvalue weighted by molar-refractivity contribution is -0.119. The zero-order chi connectivity index (χ0) is 24.8. The number of ether oxygens (including phenoxy) is 1. The molecule has 3 aromatic rings. The molecular weight excluding hydrogens is 472 g/mol. The lowest BCUT2D eigenvalue weighted by Crippen LogP contribution is -2.41. The zero-order valence-corrected chi connectivity index (χ0v) is 21.1. The van der Waals surface area contributed by atoms with Crippen LogP contribution in [0.2, 0.25) is 5.02 Å². The maximum absolute atomic E-state index is 13.3. The topological polar surface area (TPSA) is 75.7 Å². The molecule has 0 saturated heterocycles. The minimum absolute atomic E-state index is 0.0515. The largest absolute Gasteiger partial charge is 0.491 e. The number of anilines is 1. The van der Waals surface area contributed by atoms with E-state index >= 15 is 0 Å². The minimum atomic E-state index is -3.98. The highest BCUT2D eigenvalue weighted by molar-refractivity contribution is 7.92. The highest BCUT2D eigenvalue weighted by Crippen LogP contribution is 2.30. The van der Waals surface area contributed by atoms with E-state index in [9.17, 15) is 13.2 Å². The Balaban J connectivity index is 1.67. The number of para-hydroxylation sites is 2. The van der Waals surface area contributed by atoms with Crippen LogP contribution in [0, 0.1) is 0 Å². The highest BCUT2D eigenvalue weighted by Gasteiger charge is 2.27. The maximum Gasteiger partial charge on any atom is 0.264 e. The van der Waals surface area contributed by atoms with Gasteiger partial charge >= 0.3 is 0 Å². The molecular formula is C26H29ClN2O4S. The molecule has 1 N–H and O–H groups in total. The van der Waals surface area contributed by atoms with Crippen molar-refractivity contribution in [2.24, 2.45) is 0 Å². The van der Waals surface area contributed by atoms with Gasteiger partial charge in [-0.3, -0.25) is 9.10 Å². The third-order valence-electron chi connectivity index (χ3n) is 5.11. The summed E-state index contributed by atoms with van der Waals surface area (Å²) in [4.78, 5) is 12.8. The predicted octanol–water partition coefficient (Wildman–Crippen LogP) is 5.03. The van der Waals surface area contributed by atoms with E-state index in [2.05, 4.69) is 26.1 Å². The minimum Gasteiger partial charge on any atom is -0.491 e. The van der Waals surface area contributed by atoms with E-state index in [1.165, 1.54) is 24.3 Å². The third-order valence-corrected chi connectivity index (χ3v) is 7.15. The van der Waals surface area contributed by atoms with Crippen molar-refractivity contribution in [1.29, 1.82) is 0 Å². The van der Waals surface area contributed by atoms with Crippen molar-refractivity contribution in [3.05, 3.63) is 89.4 Å². The Labute approximate surface area is 206 Å². The van der Waals surface area contributed by atoms with Crippen LogP contribution >= 0.6 is 11.6 Å². The van der Waals surface area contributed by atoms with Crippen molar-refractivity contribution in [3.8, 4) is 5.75 Å². The fourth-order valence-corrected chi connectivity index (χ4v) is 4.94. The molecule has 0 heterocycles. The van der Waals surface area contributed by atoms with Gasteiger partial charge in [0.2, 0.25) is 5.91 Å². The number of carbonyl (C=O) groups is 1. The number of hydrogen-bond donors (Lipinski definition) is 1. The molecule has 0 aliphatic heterocycles. The number of hydrogen-bond acceptors (Lipinski definition) is 4. The van der Waals surface area contributed by atoms with E-state index in [4.69, 9.17) is 16.3 Å².